The van der Waals surface area contributed by atoms with Crippen molar-refractivity contribution in [3.63, 3.8) is 0 Å². The van der Waals surface area contributed by atoms with Gasteiger partial charge in [0.2, 0.25) is 0 Å². The molecule has 1 heterocycles. The zero-order valence-corrected chi connectivity index (χ0v) is 5.97. The summed E-state index contributed by atoms with van der Waals surface area (Å²) in [5.41, 5.74) is 0. The Hall–Kier alpha value is -1.98. The second-order valence-corrected chi connectivity index (χ2v) is 1.69. The van der Waals surface area contributed by atoms with Crippen LogP contribution in [0.1, 0.15) is 0 Å². The SMILES string of the molecule is C=CC(=O)Oc1ncnc(O)n1. The molecule has 0 unspecified atom stereocenters. The summed E-state index contributed by atoms with van der Waals surface area (Å²) in [6.45, 7) is 3.17. The fourth-order valence-corrected chi connectivity index (χ4v) is 0.454. The van der Waals surface area contributed by atoms with Crippen LogP contribution in [0.15, 0.2) is 19.0 Å². The van der Waals surface area contributed by atoms with Gasteiger partial charge in [0.25, 0.3) is 0 Å². The van der Waals surface area contributed by atoms with Gasteiger partial charge in [0.15, 0.2) is 0 Å². The number of hydrogen-bond donors (Lipinski definition) is 1. The van der Waals surface area contributed by atoms with Crippen LogP contribution in [0, 0.1) is 0 Å². The zero-order chi connectivity index (χ0) is 8.97. The van der Waals surface area contributed by atoms with Crippen molar-refractivity contribution in [1.82, 2.24) is 15.0 Å². The standard InChI is InChI=1S/C6H5N3O3/c1-2-4(10)12-6-8-3-7-5(11)9-6/h2-3H,1H2,(H,7,8,9,11). The van der Waals surface area contributed by atoms with Gasteiger partial charge in [-0.05, 0) is 0 Å². The summed E-state index contributed by atoms with van der Waals surface area (Å²) in [5, 5.41) is 8.72. The molecule has 0 aliphatic heterocycles. The predicted molar refractivity (Wildman–Crippen MR) is 37.3 cm³/mol. The summed E-state index contributed by atoms with van der Waals surface area (Å²) < 4.78 is 4.47. The summed E-state index contributed by atoms with van der Waals surface area (Å²) >= 11 is 0. The van der Waals surface area contributed by atoms with Crippen LogP contribution >= 0.6 is 0 Å². The monoisotopic (exact) mass is 167 g/mol. The van der Waals surface area contributed by atoms with Crippen molar-refractivity contribution >= 4 is 5.97 Å². The average molecular weight is 167 g/mol. The number of ether oxygens (including phenoxy) is 1. The Morgan fingerprint density at radius 2 is 2.42 bits per heavy atom. The van der Waals surface area contributed by atoms with Gasteiger partial charge in [-0.25, -0.2) is 4.79 Å². The average Bonchev–Trinajstić information content (AvgIpc) is 2.04. The molecule has 62 valence electrons. The Balaban J connectivity index is 2.76. The molecule has 0 fully saturated rings. The Morgan fingerprint density at radius 3 is 3.00 bits per heavy atom. The van der Waals surface area contributed by atoms with Crippen molar-refractivity contribution in [2.75, 3.05) is 0 Å². The van der Waals surface area contributed by atoms with Crippen molar-refractivity contribution < 1.29 is 14.6 Å². The van der Waals surface area contributed by atoms with Crippen LogP contribution in [0.4, 0.5) is 0 Å². The number of aromatic nitrogens is 3. The molecule has 0 aliphatic rings. The molecular weight excluding hydrogens is 162 g/mol. The minimum Gasteiger partial charge on any atom is -0.479 e. The highest BCUT2D eigenvalue weighted by Gasteiger charge is 2.03. The number of aromatic hydroxyl groups is 1. The molecule has 0 bridgehead atoms. The number of carbonyl (C=O) groups excluding carboxylic acids is 1. The lowest BCUT2D eigenvalue weighted by Crippen LogP contribution is -2.06. The normalized spacial score (nSPS) is 9.00. The Labute approximate surface area is 67.6 Å². The van der Waals surface area contributed by atoms with E-state index in [1.54, 1.807) is 0 Å². The van der Waals surface area contributed by atoms with E-state index in [-0.39, 0.29) is 6.01 Å². The largest absolute Gasteiger partial charge is 0.479 e. The second-order valence-electron chi connectivity index (χ2n) is 1.69. The van der Waals surface area contributed by atoms with E-state index in [0.717, 1.165) is 12.4 Å². The molecule has 0 aromatic carbocycles. The molecule has 0 spiro atoms. The van der Waals surface area contributed by atoms with Gasteiger partial charge in [0.05, 0.1) is 0 Å². The maximum absolute atomic E-state index is 10.6. The van der Waals surface area contributed by atoms with Gasteiger partial charge < -0.3 is 9.84 Å². The van der Waals surface area contributed by atoms with Crippen LogP contribution < -0.4 is 4.74 Å². The van der Waals surface area contributed by atoms with Crippen molar-refractivity contribution in [2.45, 2.75) is 0 Å². The Kier molecular flexibility index (Phi) is 2.32. The van der Waals surface area contributed by atoms with Crippen molar-refractivity contribution in [1.29, 1.82) is 0 Å². The highest BCUT2D eigenvalue weighted by atomic mass is 16.5. The molecule has 0 saturated carbocycles. The highest BCUT2D eigenvalue weighted by Crippen LogP contribution is 2.03. The van der Waals surface area contributed by atoms with Gasteiger partial charge in [-0.2, -0.15) is 9.97 Å². The first kappa shape index (κ1) is 8.12. The van der Waals surface area contributed by atoms with Crippen LogP contribution in [0.3, 0.4) is 0 Å². The molecule has 1 aromatic heterocycles. The lowest BCUT2D eigenvalue weighted by atomic mass is 10.7. The summed E-state index contributed by atoms with van der Waals surface area (Å²) in [6.07, 6.45) is 1.98. The minimum atomic E-state index is -0.694. The minimum absolute atomic E-state index is 0.257. The third kappa shape index (κ3) is 2.01. The number of nitrogens with zero attached hydrogens (tertiary/aromatic N) is 3. The van der Waals surface area contributed by atoms with Crippen LogP contribution in [-0.4, -0.2) is 26.0 Å². The van der Waals surface area contributed by atoms with E-state index >= 15 is 0 Å². The Bertz CT molecular complexity index is 313. The smallest absolute Gasteiger partial charge is 0.337 e. The molecule has 1 rings (SSSR count). The van der Waals surface area contributed by atoms with Crippen LogP contribution in [0.5, 0.6) is 12.0 Å². The molecule has 0 radical (unpaired) electrons. The first-order valence-electron chi connectivity index (χ1n) is 2.94. The topological polar surface area (TPSA) is 85.2 Å². The molecule has 6 heteroatoms. The maximum atomic E-state index is 10.6. The Morgan fingerprint density at radius 1 is 1.67 bits per heavy atom. The quantitative estimate of drug-likeness (QED) is 0.479. The molecule has 0 aliphatic carbocycles. The van der Waals surface area contributed by atoms with Gasteiger partial charge in [0.1, 0.15) is 6.33 Å². The number of esters is 1. The number of rotatable bonds is 2. The second kappa shape index (κ2) is 3.42. The van der Waals surface area contributed by atoms with Crippen LogP contribution in [0.2, 0.25) is 0 Å². The van der Waals surface area contributed by atoms with E-state index in [0.29, 0.717) is 0 Å². The van der Waals surface area contributed by atoms with E-state index in [1.807, 2.05) is 0 Å². The third-order valence-corrected chi connectivity index (χ3v) is 0.896. The van der Waals surface area contributed by atoms with E-state index in [1.165, 1.54) is 0 Å². The van der Waals surface area contributed by atoms with Gasteiger partial charge in [-0.1, -0.05) is 6.58 Å². The number of hydrogen-bond acceptors (Lipinski definition) is 6. The molecule has 12 heavy (non-hydrogen) atoms. The van der Waals surface area contributed by atoms with Crippen LogP contribution in [0.25, 0.3) is 0 Å². The number of carbonyl (C=O) groups is 1. The lowest BCUT2D eigenvalue weighted by Gasteiger charge is -1.96. The van der Waals surface area contributed by atoms with E-state index in [2.05, 4.69) is 26.3 Å². The fraction of sp³-hybridized carbons (Fsp3) is 0. The molecule has 0 atom stereocenters. The van der Waals surface area contributed by atoms with Crippen LogP contribution in [-0.2, 0) is 4.79 Å². The first-order valence-corrected chi connectivity index (χ1v) is 2.94. The molecule has 0 amide bonds. The van der Waals surface area contributed by atoms with Crippen molar-refractivity contribution in [3.8, 4) is 12.0 Å². The van der Waals surface area contributed by atoms with Gasteiger partial charge in [-0.3, -0.25) is 0 Å². The first-order chi connectivity index (χ1) is 5.72. The highest BCUT2D eigenvalue weighted by molar-refractivity contribution is 5.82. The summed E-state index contributed by atoms with van der Waals surface area (Å²) in [4.78, 5) is 20.6. The lowest BCUT2D eigenvalue weighted by molar-refractivity contribution is -0.129. The van der Waals surface area contributed by atoms with Gasteiger partial charge in [-0.15, -0.1) is 4.98 Å². The van der Waals surface area contributed by atoms with Gasteiger partial charge in [0, 0.05) is 6.08 Å². The van der Waals surface area contributed by atoms with E-state index in [9.17, 15) is 4.79 Å². The molecule has 0 saturated heterocycles. The molecule has 6 nitrogen and oxygen atoms in total. The summed E-state index contributed by atoms with van der Waals surface area (Å²) in [5.74, 6) is -0.694. The van der Waals surface area contributed by atoms with Gasteiger partial charge >= 0.3 is 18.0 Å². The third-order valence-electron chi connectivity index (χ3n) is 0.896. The molecule has 1 N–H and O–H groups in total. The van der Waals surface area contributed by atoms with E-state index < -0.39 is 12.0 Å². The van der Waals surface area contributed by atoms with Crippen molar-refractivity contribution in [2.24, 2.45) is 0 Å². The molecular formula is C6H5N3O3. The summed E-state index contributed by atoms with van der Waals surface area (Å²) in [6, 6.07) is -0.760. The summed E-state index contributed by atoms with van der Waals surface area (Å²) in [7, 11) is 0. The molecule has 1 aromatic rings. The maximum Gasteiger partial charge on any atom is 0.337 e. The van der Waals surface area contributed by atoms with E-state index in [4.69, 9.17) is 5.11 Å². The fourth-order valence-electron chi connectivity index (χ4n) is 0.454. The zero-order valence-electron chi connectivity index (χ0n) is 5.97. The predicted octanol–water partition coefficient (Wildman–Crippen LogP) is -0.331. The van der Waals surface area contributed by atoms with Crippen molar-refractivity contribution in [3.05, 3.63) is 19.0 Å².